The number of nitrogens with zero attached hydrogens (tertiary/aromatic N) is 4. The Balaban J connectivity index is 1.62. The molecule has 0 N–H and O–H groups in total. The molecule has 0 saturated heterocycles. The van der Waals surface area contributed by atoms with Crippen LogP contribution >= 0.6 is 11.3 Å². The molecule has 0 fully saturated rings. The Hall–Kier alpha value is -2.23. The maximum absolute atomic E-state index is 12.8. The van der Waals surface area contributed by atoms with Crippen molar-refractivity contribution in [3.8, 4) is 0 Å². The normalized spacial score (nSPS) is 14.2. The fraction of sp³-hybridized carbons (Fsp3) is 0.368. The molecule has 1 aliphatic rings. The number of hydrogen-bond acceptors (Lipinski definition) is 6. The second kappa shape index (κ2) is 7.31. The molecule has 0 bridgehead atoms. The standard InChI is InChI=1S/C19H22N4O3S2/c1-3-22(4-2)28(25,26)16-5-6-17-14(11-16)7-8-21(17)13-15-12-18(24)23-9-10-27-19(23)20-15/h5-6,9-12H,3-4,7-8,13H2,1-2H3. The first-order valence-corrected chi connectivity index (χ1v) is 11.6. The molecule has 28 heavy (non-hydrogen) atoms. The van der Waals surface area contributed by atoms with Crippen LogP contribution in [-0.2, 0) is 23.0 Å². The van der Waals surface area contributed by atoms with Crippen LogP contribution in [0, 0.1) is 0 Å². The Bertz CT molecular complexity index is 1180. The molecular weight excluding hydrogens is 396 g/mol. The summed E-state index contributed by atoms with van der Waals surface area (Å²) < 4.78 is 28.5. The van der Waals surface area contributed by atoms with Crippen LogP contribution in [0.1, 0.15) is 25.1 Å². The van der Waals surface area contributed by atoms with Gasteiger partial charge in [-0.2, -0.15) is 4.31 Å². The van der Waals surface area contributed by atoms with E-state index in [0.29, 0.717) is 29.5 Å². The van der Waals surface area contributed by atoms with E-state index in [2.05, 4.69) is 9.88 Å². The Morgan fingerprint density at radius 2 is 2.00 bits per heavy atom. The molecule has 0 radical (unpaired) electrons. The van der Waals surface area contributed by atoms with Crippen LogP contribution in [0.2, 0.25) is 0 Å². The van der Waals surface area contributed by atoms with Gasteiger partial charge in [0.1, 0.15) is 0 Å². The minimum absolute atomic E-state index is 0.0821. The van der Waals surface area contributed by atoms with Gasteiger partial charge in [0.05, 0.1) is 17.1 Å². The van der Waals surface area contributed by atoms with Crippen LogP contribution < -0.4 is 10.5 Å². The van der Waals surface area contributed by atoms with E-state index in [4.69, 9.17) is 0 Å². The molecule has 1 aliphatic heterocycles. The summed E-state index contributed by atoms with van der Waals surface area (Å²) in [6.45, 7) is 5.89. The van der Waals surface area contributed by atoms with Crippen molar-refractivity contribution in [2.45, 2.75) is 31.7 Å². The fourth-order valence-corrected chi connectivity index (χ4v) is 5.90. The lowest BCUT2D eigenvalue weighted by atomic mass is 10.2. The molecule has 0 saturated carbocycles. The molecular formula is C19H22N4O3S2. The van der Waals surface area contributed by atoms with Crippen LogP contribution in [0.15, 0.2) is 45.5 Å². The Morgan fingerprint density at radius 3 is 2.75 bits per heavy atom. The van der Waals surface area contributed by atoms with E-state index >= 15 is 0 Å². The first-order chi connectivity index (χ1) is 13.4. The monoisotopic (exact) mass is 418 g/mol. The molecule has 9 heteroatoms. The number of anilines is 1. The van der Waals surface area contributed by atoms with E-state index in [1.165, 1.54) is 20.0 Å². The number of sulfonamides is 1. The molecule has 0 amide bonds. The molecule has 148 valence electrons. The van der Waals surface area contributed by atoms with Crippen LogP contribution in [0.5, 0.6) is 0 Å². The smallest absolute Gasteiger partial charge is 0.258 e. The molecule has 1 aromatic carbocycles. The topological polar surface area (TPSA) is 75.0 Å². The predicted molar refractivity (Wildman–Crippen MR) is 111 cm³/mol. The highest BCUT2D eigenvalue weighted by molar-refractivity contribution is 7.89. The van der Waals surface area contributed by atoms with E-state index in [9.17, 15) is 13.2 Å². The zero-order valence-electron chi connectivity index (χ0n) is 15.8. The third-order valence-corrected chi connectivity index (χ3v) is 7.90. The molecule has 0 atom stereocenters. The SMILES string of the molecule is CCN(CC)S(=O)(=O)c1ccc2c(c1)CCN2Cc1cc(=O)n2ccsc2n1. The first-order valence-electron chi connectivity index (χ1n) is 9.28. The molecule has 3 heterocycles. The van der Waals surface area contributed by atoms with Crippen molar-refractivity contribution < 1.29 is 8.42 Å². The van der Waals surface area contributed by atoms with Gasteiger partial charge in [-0.3, -0.25) is 9.20 Å². The number of hydrogen-bond donors (Lipinski definition) is 0. The zero-order chi connectivity index (χ0) is 19.9. The van der Waals surface area contributed by atoms with Gasteiger partial charge in [-0.1, -0.05) is 13.8 Å². The molecule has 0 spiro atoms. The average Bonchev–Trinajstić information content (AvgIpc) is 3.30. The summed E-state index contributed by atoms with van der Waals surface area (Å²) in [6, 6.07) is 6.90. The lowest BCUT2D eigenvalue weighted by Crippen LogP contribution is -2.30. The van der Waals surface area contributed by atoms with Gasteiger partial charge in [0.25, 0.3) is 5.56 Å². The zero-order valence-corrected chi connectivity index (χ0v) is 17.5. The second-order valence-electron chi connectivity index (χ2n) is 6.69. The lowest BCUT2D eigenvalue weighted by molar-refractivity contribution is 0.445. The molecule has 2 aromatic heterocycles. The van der Waals surface area contributed by atoms with Crippen LogP contribution in [0.25, 0.3) is 4.96 Å². The lowest BCUT2D eigenvalue weighted by Gasteiger charge is -2.21. The predicted octanol–water partition coefficient (Wildman–Crippen LogP) is 2.35. The van der Waals surface area contributed by atoms with Gasteiger partial charge in [0.15, 0.2) is 4.96 Å². The minimum atomic E-state index is -3.46. The van der Waals surface area contributed by atoms with Crippen LogP contribution in [0.4, 0.5) is 5.69 Å². The summed E-state index contributed by atoms with van der Waals surface area (Å²) in [5.74, 6) is 0. The third-order valence-electron chi connectivity index (χ3n) is 5.09. The molecule has 0 aliphatic carbocycles. The van der Waals surface area contributed by atoms with Crippen molar-refractivity contribution in [2.24, 2.45) is 0 Å². The van der Waals surface area contributed by atoms with Crippen LogP contribution in [-0.4, -0.2) is 41.7 Å². The summed E-state index contributed by atoms with van der Waals surface area (Å²) >= 11 is 1.43. The molecule has 7 nitrogen and oxygen atoms in total. The quantitative estimate of drug-likeness (QED) is 0.614. The molecule has 3 aromatic rings. The Morgan fingerprint density at radius 1 is 1.21 bits per heavy atom. The molecule has 4 rings (SSSR count). The van der Waals surface area contributed by atoms with Crippen molar-refractivity contribution in [3.63, 3.8) is 0 Å². The third kappa shape index (κ3) is 3.23. The summed E-state index contributed by atoms with van der Waals surface area (Å²) in [5.41, 5.74) is 2.66. The van der Waals surface area contributed by atoms with Gasteiger partial charge in [-0.25, -0.2) is 13.4 Å². The van der Waals surface area contributed by atoms with Crippen molar-refractivity contribution in [2.75, 3.05) is 24.5 Å². The van der Waals surface area contributed by atoms with Crippen molar-refractivity contribution >= 4 is 32.0 Å². The number of fused-ring (bicyclic) bond motifs is 2. The summed E-state index contributed by atoms with van der Waals surface area (Å²) in [5, 5.41) is 1.84. The number of rotatable bonds is 6. The maximum Gasteiger partial charge on any atom is 0.258 e. The highest BCUT2D eigenvalue weighted by atomic mass is 32.2. The van der Waals surface area contributed by atoms with Gasteiger partial charge in [-0.05, 0) is 30.2 Å². The number of thiazole rings is 1. The first kappa shape index (κ1) is 19.1. The Labute approximate surface area is 167 Å². The second-order valence-corrected chi connectivity index (χ2v) is 9.50. The van der Waals surface area contributed by atoms with Gasteiger partial charge in [0.2, 0.25) is 10.0 Å². The fourth-order valence-electron chi connectivity index (χ4n) is 3.65. The number of benzene rings is 1. The maximum atomic E-state index is 12.8. The summed E-state index contributed by atoms with van der Waals surface area (Å²) in [6.07, 6.45) is 2.50. The van der Waals surface area contributed by atoms with E-state index in [1.807, 2.05) is 25.3 Å². The van der Waals surface area contributed by atoms with Crippen molar-refractivity contribution in [1.82, 2.24) is 13.7 Å². The van der Waals surface area contributed by atoms with E-state index < -0.39 is 10.0 Å². The highest BCUT2D eigenvalue weighted by Crippen LogP contribution is 2.32. The molecule has 0 unspecified atom stereocenters. The number of aromatic nitrogens is 2. The van der Waals surface area contributed by atoms with Gasteiger partial charge in [0, 0.05) is 43.0 Å². The summed E-state index contributed by atoms with van der Waals surface area (Å²) in [4.78, 5) is 19.9. The van der Waals surface area contributed by atoms with Gasteiger partial charge < -0.3 is 4.90 Å². The summed E-state index contributed by atoms with van der Waals surface area (Å²) in [7, 11) is -3.46. The van der Waals surface area contributed by atoms with Crippen molar-refractivity contribution in [3.05, 3.63) is 57.5 Å². The van der Waals surface area contributed by atoms with E-state index in [-0.39, 0.29) is 5.56 Å². The van der Waals surface area contributed by atoms with E-state index in [1.54, 1.807) is 24.4 Å². The Kier molecular flexibility index (Phi) is 4.98. The van der Waals surface area contributed by atoms with Crippen molar-refractivity contribution in [1.29, 1.82) is 0 Å². The van der Waals surface area contributed by atoms with Crippen LogP contribution in [0.3, 0.4) is 0 Å². The highest BCUT2D eigenvalue weighted by Gasteiger charge is 2.26. The van der Waals surface area contributed by atoms with E-state index in [0.717, 1.165) is 29.9 Å². The average molecular weight is 419 g/mol. The minimum Gasteiger partial charge on any atom is -0.365 e. The van der Waals surface area contributed by atoms with Gasteiger partial charge >= 0.3 is 0 Å². The van der Waals surface area contributed by atoms with Gasteiger partial charge in [-0.15, -0.1) is 11.3 Å². The largest absolute Gasteiger partial charge is 0.365 e.